The van der Waals surface area contributed by atoms with Crippen LogP contribution in [-0.4, -0.2) is 23.8 Å². The zero-order chi connectivity index (χ0) is 15.2. The lowest BCUT2D eigenvalue weighted by Crippen LogP contribution is -2.18. The van der Waals surface area contributed by atoms with Gasteiger partial charge in [-0.25, -0.2) is 4.79 Å². The van der Waals surface area contributed by atoms with Crippen LogP contribution in [0.25, 0.3) is 10.9 Å². The number of esters is 1. The molecule has 1 N–H and O–H groups in total. The molecule has 0 bridgehead atoms. The number of ether oxygens (including phenoxy) is 1. The zero-order valence-electron chi connectivity index (χ0n) is 11.4. The van der Waals surface area contributed by atoms with Crippen molar-refractivity contribution in [1.29, 1.82) is 0 Å². The second kappa shape index (κ2) is 6.53. The molecule has 0 unspecified atom stereocenters. The fourth-order valence-electron chi connectivity index (χ4n) is 1.85. The third kappa shape index (κ3) is 3.18. The Kier molecular flexibility index (Phi) is 4.52. The van der Waals surface area contributed by atoms with Gasteiger partial charge in [0, 0.05) is 22.7 Å². The Morgan fingerprint density at radius 2 is 2.24 bits per heavy atom. The molecule has 0 amide bonds. The molecule has 0 spiro atoms. The van der Waals surface area contributed by atoms with Gasteiger partial charge < -0.3 is 14.5 Å². The van der Waals surface area contributed by atoms with Crippen molar-refractivity contribution in [2.45, 2.75) is 13.3 Å². The second-order valence-electron chi connectivity index (χ2n) is 4.18. The summed E-state index contributed by atoms with van der Waals surface area (Å²) in [6.07, 6.45) is 2.19. The molecule has 2 aromatic rings. The van der Waals surface area contributed by atoms with Gasteiger partial charge in [-0.05, 0) is 25.1 Å². The van der Waals surface area contributed by atoms with Gasteiger partial charge >= 0.3 is 5.97 Å². The fourth-order valence-corrected chi connectivity index (χ4v) is 1.85. The highest BCUT2D eigenvalue weighted by atomic mass is 16.5. The Morgan fingerprint density at radius 1 is 1.43 bits per heavy atom. The molecule has 0 aliphatic heterocycles. The zero-order valence-corrected chi connectivity index (χ0v) is 11.4. The number of benzene rings is 1. The van der Waals surface area contributed by atoms with Crippen molar-refractivity contribution in [2.75, 3.05) is 6.61 Å². The van der Waals surface area contributed by atoms with Crippen LogP contribution in [0.15, 0.2) is 29.2 Å². The van der Waals surface area contributed by atoms with Gasteiger partial charge in [-0.2, -0.15) is 0 Å². The summed E-state index contributed by atoms with van der Waals surface area (Å²) in [4.78, 5) is 37.1. The van der Waals surface area contributed by atoms with Gasteiger partial charge in [-0.3, -0.25) is 4.79 Å². The number of fused-ring (bicyclic) bond motifs is 1. The maximum Gasteiger partial charge on any atom is 0.343 e. The van der Waals surface area contributed by atoms with Crippen molar-refractivity contribution in [3.8, 4) is 11.8 Å². The summed E-state index contributed by atoms with van der Waals surface area (Å²) in [5, 5.41) is 0.360. The lowest BCUT2D eigenvalue weighted by Gasteiger charge is -2.03. The molecule has 1 heterocycles. The van der Waals surface area contributed by atoms with Crippen LogP contribution in [-0.2, 0) is 9.53 Å². The quantitative estimate of drug-likeness (QED) is 0.528. The molecule has 0 aliphatic rings. The summed E-state index contributed by atoms with van der Waals surface area (Å²) in [6, 6.07) is 5.03. The number of rotatable bonds is 3. The smallest absolute Gasteiger partial charge is 0.343 e. The molecule has 21 heavy (non-hydrogen) atoms. The first-order chi connectivity index (χ1) is 10.2. The Bertz CT molecular complexity index is 808. The maximum absolute atomic E-state index is 12.3. The third-order valence-corrected chi connectivity index (χ3v) is 2.79. The van der Waals surface area contributed by atoms with Crippen molar-refractivity contribution in [3.05, 3.63) is 45.7 Å². The summed E-state index contributed by atoms with van der Waals surface area (Å²) in [5.41, 5.74) is 0.772. The highest BCUT2D eigenvalue weighted by Crippen LogP contribution is 2.11. The lowest BCUT2D eigenvalue weighted by atomic mass is 10.1. The molecule has 0 aliphatic carbocycles. The largest absolute Gasteiger partial charge is 0.462 e. The van der Waals surface area contributed by atoms with Gasteiger partial charge in [0.25, 0.3) is 0 Å². The Balaban J connectivity index is 2.52. The van der Waals surface area contributed by atoms with E-state index in [1.807, 2.05) is 0 Å². The average molecular weight is 283 g/mol. The minimum Gasteiger partial charge on any atom is -0.462 e. The number of carbonyl (C=O) groups is 2. The van der Waals surface area contributed by atoms with E-state index in [9.17, 15) is 14.4 Å². The van der Waals surface area contributed by atoms with Crippen molar-refractivity contribution in [3.63, 3.8) is 0 Å². The molecule has 0 saturated heterocycles. The van der Waals surface area contributed by atoms with E-state index >= 15 is 0 Å². The van der Waals surface area contributed by atoms with Crippen LogP contribution in [0.2, 0.25) is 0 Å². The topological polar surface area (TPSA) is 76.2 Å². The molecule has 0 saturated carbocycles. The molecule has 1 aromatic heterocycles. The van der Waals surface area contributed by atoms with Crippen LogP contribution < -0.4 is 5.43 Å². The molecule has 2 rings (SSSR count). The summed E-state index contributed by atoms with van der Waals surface area (Å²) in [5.74, 6) is 4.81. The number of hydrogen-bond acceptors (Lipinski definition) is 4. The van der Waals surface area contributed by atoms with Crippen LogP contribution in [0.4, 0.5) is 0 Å². The van der Waals surface area contributed by atoms with Crippen molar-refractivity contribution >= 4 is 23.2 Å². The number of H-pyrrole nitrogens is 1. The first-order valence-corrected chi connectivity index (χ1v) is 6.42. The highest BCUT2D eigenvalue weighted by molar-refractivity contribution is 5.93. The normalized spacial score (nSPS) is 9.76. The maximum atomic E-state index is 12.3. The van der Waals surface area contributed by atoms with Crippen LogP contribution in [0.1, 0.15) is 29.3 Å². The van der Waals surface area contributed by atoms with E-state index in [1.165, 1.54) is 6.20 Å². The van der Waals surface area contributed by atoms with Gasteiger partial charge in [-0.1, -0.05) is 11.8 Å². The highest BCUT2D eigenvalue weighted by Gasteiger charge is 2.13. The average Bonchev–Trinajstić information content (AvgIpc) is 2.48. The van der Waals surface area contributed by atoms with E-state index in [1.54, 1.807) is 25.1 Å². The molecular weight excluding hydrogens is 270 g/mol. The summed E-state index contributed by atoms with van der Waals surface area (Å²) in [6.45, 7) is 1.88. The van der Waals surface area contributed by atoms with Gasteiger partial charge in [0.05, 0.1) is 13.0 Å². The lowest BCUT2D eigenvalue weighted by molar-refractivity contribution is -0.107. The number of aromatic amines is 1. The second-order valence-corrected chi connectivity index (χ2v) is 4.18. The predicted octanol–water partition coefficient (Wildman–Crippen LogP) is 1.65. The SMILES string of the molecule is CCOC(=O)c1c[nH]c2ccc(C#CCC=O)cc2c1=O. The van der Waals surface area contributed by atoms with Crippen molar-refractivity contribution < 1.29 is 14.3 Å². The van der Waals surface area contributed by atoms with Gasteiger partial charge in [0.15, 0.2) is 0 Å². The minimum atomic E-state index is -0.655. The number of carbonyl (C=O) groups excluding carboxylic acids is 2. The van der Waals surface area contributed by atoms with Gasteiger partial charge in [0.1, 0.15) is 11.8 Å². The van der Waals surface area contributed by atoms with Crippen LogP contribution in [0.3, 0.4) is 0 Å². The van der Waals surface area contributed by atoms with E-state index in [0.29, 0.717) is 22.8 Å². The van der Waals surface area contributed by atoms with Crippen molar-refractivity contribution in [1.82, 2.24) is 4.98 Å². The van der Waals surface area contributed by atoms with Crippen molar-refractivity contribution in [2.24, 2.45) is 0 Å². The Morgan fingerprint density at radius 3 is 2.95 bits per heavy atom. The number of nitrogens with one attached hydrogen (secondary N) is 1. The standard InChI is InChI=1S/C16H13NO4/c1-2-21-16(20)13-10-17-14-7-6-11(5-3-4-8-18)9-12(14)15(13)19/h6-10H,2,4H2,1H3,(H,17,19). The Hall–Kier alpha value is -2.87. The number of hydrogen-bond donors (Lipinski definition) is 1. The predicted molar refractivity (Wildman–Crippen MR) is 78.1 cm³/mol. The molecule has 0 fully saturated rings. The van der Waals surface area contributed by atoms with E-state index < -0.39 is 11.4 Å². The van der Waals surface area contributed by atoms with Gasteiger partial charge in [0.2, 0.25) is 5.43 Å². The van der Waals surface area contributed by atoms with Crippen LogP contribution in [0.5, 0.6) is 0 Å². The summed E-state index contributed by atoms with van der Waals surface area (Å²) in [7, 11) is 0. The van der Waals surface area contributed by atoms with E-state index in [4.69, 9.17) is 4.74 Å². The fraction of sp³-hybridized carbons (Fsp3) is 0.188. The number of aldehydes is 1. The molecule has 5 heteroatoms. The molecule has 1 aromatic carbocycles. The monoisotopic (exact) mass is 283 g/mol. The summed E-state index contributed by atoms with van der Waals surface area (Å²) < 4.78 is 4.84. The molecule has 0 radical (unpaired) electrons. The minimum absolute atomic E-state index is 0.0395. The van der Waals surface area contributed by atoms with Crippen LogP contribution in [0, 0.1) is 11.8 Å². The van der Waals surface area contributed by atoms with E-state index in [2.05, 4.69) is 16.8 Å². The summed E-state index contributed by atoms with van der Waals surface area (Å²) >= 11 is 0. The molecular formula is C16H13NO4. The van der Waals surface area contributed by atoms with E-state index in [-0.39, 0.29) is 18.6 Å². The van der Waals surface area contributed by atoms with Gasteiger partial charge in [-0.15, -0.1) is 0 Å². The van der Waals surface area contributed by atoms with Crippen LogP contribution >= 0.6 is 0 Å². The first kappa shape index (κ1) is 14.5. The Labute approximate surface area is 120 Å². The number of pyridine rings is 1. The third-order valence-electron chi connectivity index (χ3n) is 2.79. The molecule has 0 atom stereocenters. The molecule has 106 valence electrons. The number of aromatic nitrogens is 1. The molecule has 5 nitrogen and oxygen atoms in total. The van der Waals surface area contributed by atoms with E-state index in [0.717, 1.165) is 0 Å². The first-order valence-electron chi connectivity index (χ1n) is 6.42.